The highest BCUT2D eigenvalue weighted by Gasteiger charge is 2.49. The van der Waals surface area contributed by atoms with Gasteiger partial charge in [0.05, 0.1) is 47.5 Å². The molecule has 4 aromatic rings. The van der Waals surface area contributed by atoms with Crippen LogP contribution in [-0.4, -0.2) is 113 Å². The van der Waals surface area contributed by atoms with Crippen LogP contribution in [0.5, 0.6) is 6.01 Å². The van der Waals surface area contributed by atoms with Crippen molar-refractivity contribution >= 4 is 28.5 Å². The zero-order valence-electron chi connectivity index (χ0n) is 29.7. The van der Waals surface area contributed by atoms with E-state index in [1.54, 1.807) is 4.90 Å². The number of hydrogen-bond donors (Lipinski definition) is 0. The number of aryl methyl sites for hydroxylation is 1. The number of likely N-dealkylation sites (N-methyl/N-ethyl adjacent to an activating group) is 1. The average Bonchev–Trinajstić information content (AvgIpc) is 3.86. The Kier molecular flexibility index (Phi) is 9.17. The molecule has 1 amide bonds. The number of para-hydroxylation sites is 1. The van der Waals surface area contributed by atoms with Gasteiger partial charge in [-0.25, -0.2) is 4.79 Å². The molecule has 5 heterocycles. The second-order valence-electron chi connectivity index (χ2n) is 14.6. The van der Waals surface area contributed by atoms with Gasteiger partial charge < -0.3 is 33.6 Å². The lowest BCUT2D eigenvalue weighted by Gasteiger charge is -2.42. The van der Waals surface area contributed by atoms with Crippen molar-refractivity contribution < 1.29 is 14.3 Å². The van der Waals surface area contributed by atoms with Crippen LogP contribution in [0.4, 0.5) is 16.3 Å². The monoisotopic (exact) mass is 689 g/mol. The Hall–Kier alpha value is -4.86. The maximum Gasteiger partial charge on any atom is 0.410 e. The quantitative estimate of drug-likeness (QED) is 0.251. The average molecular weight is 690 g/mol. The zero-order valence-corrected chi connectivity index (χ0v) is 29.7. The fourth-order valence-electron chi connectivity index (χ4n) is 8.06. The number of aromatic nitrogens is 3. The number of ether oxygens (including phenoxy) is 2. The van der Waals surface area contributed by atoms with Crippen molar-refractivity contribution in [3.63, 3.8) is 0 Å². The predicted molar refractivity (Wildman–Crippen MR) is 196 cm³/mol. The molecule has 1 saturated carbocycles. The number of nitrogens with zero attached hydrogens (tertiary/aromatic N) is 9. The number of rotatable bonds is 9. The van der Waals surface area contributed by atoms with Gasteiger partial charge in [0.1, 0.15) is 19.0 Å². The normalized spacial score (nSPS) is 20.6. The molecule has 51 heavy (non-hydrogen) atoms. The lowest BCUT2D eigenvalue weighted by molar-refractivity contribution is 0.0649. The van der Waals surface area contributed by atoms with Gasteiger partial charge in [-0.2, -0.15) is 15.2 Å². The summed E-state index contributed by atoms with van der Waals surface area (Å²) in [5.41, 5.74) is 5.48. The van der Waals surface area contributed by atoms with Crippen LogP contribution in [0.25, 0.3) is 10.9 Å². The van der Waals surface area contributed by atoms with Crippen LogP contribution in [0.2, 0.25) is 0 Å². The molecule has 3 aliphatic heterocycles. The molecule has 0 N–H and O–H groups in total. The molecule has 12 nitrogen and oxygen atoms in total. The molecule has 0 unspecified atom stereocenters. The van der Waals surface area contributed by atoms with E-state index in [1.165, 1.54) is 16.6 Å². The van der Waals surface area contributed by atoms with E-state index in [0.717, 1.165) is 74.6 Å². The van der Waals surface area contributed by atoms with Gasteiger partial charge in [0.15, 0.2) is 0 Å². The molecule has 3 fully saturated rings. The van der Waals surface area contributed by atoms with Crippen molar-refractivity contribution in [1.29, 1.82) is 5.26 Å². The van der Waals surface area contributed by atoms with Crippen molar-refractivity contribution in [2.45, 2.75) is 50.4 Å². The van der Waals surface area contributed by atoms with Crippen LogP contribution in [-0.2, 0) is 31.4 Å². The summed E-state index contributed by atoms with van der Waals surface area (Å²) < 4.78 is 14.5. The van der Waals surface area contributed by atoms with Crippen molar-refractivity contribution in [2.75, 3.05) is 75.8 Å². The van der Waals surface area contributed by atoms with Gasteiger partial charge in [0.25, 0.3) is 0 Å². The van der Waals surface area contributed by atoms with Crippen molar-refractivity contribution in [1.82, 2.24) is 29.2 Å². The standard InChI is InChI=1S/C39H47N9O3/c1-43-19-22-47(23-20-43)39(14-15-39)28-51-37-41-33-26-45(34-10-6-9-30-12-17-44(2)35(30)34)18-13-32(33)36(42-37)46-21-24-48(31(25-46)11-16-40)38(49)50-27-29-7-4-3-5-8-29/h3-10,12,17,31H,11,13-15,18-28H2,1-2H3/t31-/m0/s1. The van der Waals surface area contributed by atoms with Gasteiger partial charge in [-0.15, -0.1) is 0 Å². The fourth-order valence-corrected chi connectivity index (χ4v) is 8.06. The first kappa shape index (κ1) is 33.3. The number of anilines is 2. The third-order valence-electron chi connectivity index (χ3n) is 11.3. The van der Waals surface area contributed by atoms with Gasteiger partial charge in [-0.1, -0.05) is 42.5 Å². The lowest BCUT2D eigenvalue weighted by Crippen LogP contribution is -2.56. The highest BCUT2D eigenvalue weighted by Crippen LogP contribution is 2.43. The minimum absolute atomic E-state index is 0.0541. The number of benzene rings is 2. The van der Waals surface area contributed by atoms with Gasteiger partial charge in [0.2, 0.25) is 0 Å². The van der Waals surface area contributed by atoms with Crippen LogP contribution in [0.15, 0.2) is 60.8 Å². The maximum absolute atomic E-state index is 13.3. The third-order valence-corrected chi connectivity index (χ3v) is 11.3. The molecule has 2 aromatic carbocycles. The number of carbonyl (C=O) groups excluding carboxylic acids is 1. The van der Waals surface area contributed by atoms with Crippen LogP contribution >= 0.6 is 0 Å². The van der Waals surface area contributed by atoms with Crippen molar-refractivity contribution in [3.05, 3.63) is 77.6 Å². The predicted octanol–water partition coefficient (Wildman–Crippen LogP) is 4.43. The molecule has 2 aromatic heterocycles. The van der Waals surface area contributed by atoms with E-state index in [-0.39, 0.29) is 24.6 Å². The molecule has 0 radical (unpaired) electrons. The molecule has 266 valence electrons. The Morgan fingerprint density at radius 3 is 2.55 bits per heavy atom. The number of amides is 1. The van der Waals surface area contributed by atoms with Crippen LogP contribution in [0, 0.1) is 11.3 Å². The first-order valence-electron chi connectivity index (χ1n) is 18.3. The molecule has 12 heteroatoms. The first-order chi connectivity index (χ1) is 24.9. The number of hydrogen-bond acceptors (Lipinski definition) is 10. The largest absolute Gasteiger partial charge is 0.461 e. The minimum Gasteiger partial charge on any atom is -0.461 e. The second-order valence-corrected chi connectivity index (χ2v) is 14.6. The highest BCUT2D eigenvalue weighted by atomic mass is 16.6. The van der Waals surface area contributed by atoms with E-state index in [0.29, 0.717) is 38.8 Å². The summed E-state index contributed by atoms with van der Waals surface area (Å²) in [7, 11) is 4.28. The molecule has 0 bridgehead atoms. The number of fused-ring (bicyclic) bond motifs is 2. The molecular weight excluding hydrogens is 642 g/mol. The SMILES string of the molecule is CN1CCN(C2(COc3nc4c(c(N5CCN(C(=O)OCc6ccccc6)[C@@H](CC#N)C5)n3)CCN(c3cccc5ccn(C)c35)C4)CC2)CC1. The highest BCUT2D eigenvalue weighted by molar-refractivity contribution is 5.92. The topological polar surface area (TPSA) is 106 Å². The smallest absolute Gasteiger partial charge is 0.410 e. The summed E-state index contributed by atoms with van der Waals surface area (Å²) in [6, 6.07) is 20.7. The van der Waals surface area contributed by atoms with E-state index in [9.17, 15) is 10.1 Å². The zero-order chi connectivity index (χ0) is 35.0. The van der Waals surface area contributed by atoms with Crippen molar-refractivity contribution in [2.24, 2.45) is 7.05 Å². The Balaban J connectivity index is 1.06. The molecule has 0 spiro atoms. The van der Waals surface area contributed by atoms with E-state index in [1.807, 2.05) is 30.3 Å². The van der Waals surface area contributed by atoms with Crippen LogP contribution < -0.4 is 14.5 Å². The van der Waals surface area contributed by atoms with Crippen LogP contribution in [0.3, 0.4) is 0 Å². The summed E-state index contributed by atoms with van der Waals surface area (Å²) in [6.45, 7) is 7.96. The minimum atomic E-state index is -0.392. The number of piperazine rings is 2. The van der Waals surface area contributed by atoms with Crippen molar-refractivity contribution in [3.8, 4) is 12.1 Å². The Bertz CT molecular complexity index is 1910. The Labute approximate surface area is 299 Å². The molecule has 2 saturated heterocycles. The molecular formula is C39H47N9O3. The molecule has 1 aliphatic carbocycles. The van der Waals surface area contributed by atoms with E-state index < -0.39 is 6.09 Å². The summed E-state index contributed by atoms with van der Waals surface area (Å²) in [5, 5.41) is 11.0. The summed E-state index contributed by atoms with van der Waals surface area (Å²) in [5.74, 6) is 0.858. The maximum atomic E-state index is 13.3. The summed E-state index contributed by atoms with van der Waals surface area (Å²) in [4.78, 5) is 34.9. The van der Waals surface area contributed by atoms with Crippen LogP contribution in [0.1, 0.15) is 36.1 Å². The lowest BCUT2D eigenvalue weighted by atomic mass is 10.0. The van der Waals surface area contributed by atoms with Gasteiger partial charge in [-0.05, 0) is 44.0 Å². The molecule has 4 aliphatic rings. The summed E-state index contributed by atoms with van der Waals surface area (Å²) in [6.07, 6.45) is 4.95. The summed E-state index contributed by atoms with van der Waals surface area (Å²) >= 11 is 0. The Morgan fingerprint density at radius 1 is 0.941 bits per heavy atom. The van der Waals surface area contributed by atoms with Gasteiger partial charge in [0, 0.05) is 76.6 Å². The first-order valence-corrected chi connectivity index (χ1v) is 18.3. The van der Waals surface area contributed by atoms with Gasteiger partial charge in [-0.3, -0.25) is 4.90 Å². The fraction of sp³-hybridized carbons (Fsp3) is 0.487. The van der Waals surface area contributed by atoms with E-state index in [2.05, 4.69) is 74.8 Å². The van der Waals surface area contributed by atoms with E-state index >= 15 is 0 Å². The number of nitriles is 1. The van der Waals surface area contributed by atoms with Gasteiger partial charge >= 0.3 is 12.1 Å². The molecule has 1 atom stereocenters. The Morgan fingerprint density at radius 2 is 1.76 bits per heavy atom. The van der Waals surface area contributed by atoms with E-state index in [4.69, 9.17) is 19.4 Å². The second kappa shape index (κ2) is 14.0. The molecule has 8 rings (SSSR count). The number of carbonyl (C=O) groups is 1. The third kappa shape index (κ3) is 6.80.